The van der Waals surface area contributed by atoms with Crippen LogP contribution in [0.5, 0.6) is 0 Å². The maximum absolute atomic E-state index is 11.7. The third-order valence-electron chi connectivity index (χ3n) is 2.10. The molecular formula is C10H13N7O2. The molecule has 0 spiro atoms. The fraction of sp³-hybridized carbons (Fsp3) is 0.300. The molecular weight excluding hydrogens is 250 g/mol. The maximum atomic E-state index is 11.7. The second-order valence-electron chi connectivity index (χ2n) is 3.93. The lowest BCUT2D eigenvalue weighted by atomic mass is 10.4. The average molecular weight is 263 g/mol. The topological polar surface area (TPSA) is 118 Å². The molecule has 0 fully saturated rings. The highest BCUT2D eigenvalue weighted by Gasteiger charge is 2.08. The van der Waals surface area contributed by atoms with Crippen molar-refractivity contribution >= 4 is 23.5 Å². The van der Waals surface area contributed by atoms with Crippen molar-refractivity contribution in [3.63, 3.8) is 0 Å². The van der Waals surface area contributed by atoms with Crippen LogP contribution in [0, 0.1) is 6.92 Å². The van der Waals surface area contributed by atoms with E-state index in [2.05, 4.69) is 31.0 Å². The van der Waals surface area contributed by atoms with Crippen LogP contribution in [0.4, 0.5) is 11.6 Å². The third-order valence-corrected chi connectivity index (χ3v) is 2.10. The van der Waals surface area contributed by atoms with Crippen molar-refractivity contribution in [2.75, 3.05) is 10.6 Å². The molecule has 2 aromatic rings. The van der Waals surface area contributed by atoms with Crippen LogP contribution in [0.25, 0.3) is 0 Å². The number of anilines is 2. The molecule has 9 nitrogen and oxygen atoms in total. The van der Waals surface area contributed by atoms with E-state index in [1.165, 1.54) is 17.9 Å². The van der Waals surface area contributed by atoms with Gasteiger partial charge in [0.15, 0.2) is 11.6 Å². The first kappa shape index (κ1) is 12.7. The highest BCUT2D eigenvalue weighted by Crippen LogP contribution is 2.04. The Morgan fingerprint density at radius 3 is 2.79 bits per heavy atom. The molecule has 0 aromatic carbocycles. The van der Waals surface area contributed by atoms with Gasteiger partial charge in [-0.05, 0) is 6.92 Å². The van der Waals surface area contributed by atoms with Crippen LogP contribution in [0.15, 0.2) is 12.3 Å². The molecule has 0 aliphatic rings. The number of aromatic amines is 1. The van der Waals surface area contributed by atoms with Gasteiger partial charge in [-0.1, -0.05) is 0 Å². The van der Waals surface area contributed by atoms with Crippen molar-refractivity contribution < 1.29 is 9.59 Å². The molecule has 0 saturated heterocycles. The Morgan fingerprint density at radius 1 is 1.37 bits per heavy atom. The summed E-state index contributed by atoms with van der Waals surface area (Å²) in [5.41, 5.74) is 0.848. The summed E-state index contributed by atoms with van der Waals surface area (Å²) in [6.07, 6.45) is 1.37. The Kier molecular flexibility index (Phi) is 3.55. The number of rotatable bonds is 4. The first-order valence-electron chi connectivity index (χ1n) is 5.52. The van der Waals surface area contributed by atoms with Crippen LogP contribution in [0.2, 0.25) is 0 Å². The fourth-order valence-electron chi connectivity index (χ4n) is 1.40. The number of hydrogen-bond donors (Lipinski definition) is 3. The summed E-state index contributed by atoms with van der Waals surface area (Å²) in [5, 5.41) is 19.4. The van der Waals surface area contributed by atoms with Crippen molar-refractivity contribution in [2.45, 2.75) is 20.4 Å². The van der Waals surface area contributed by atoms with E-state index in [0.29, 0.717) is 11.6 Å². The number of nitrogens with zero attached hydrogens (tertiary/aromatic N) is 4. The molecule has 0 aliphatic carbocycles. The number of hydrogen-bond acceptors (Lipinski definition) is 5. The zero-order chi connectivity index (χ0) is 13.8. The molecule has 0 unspecified atom stereocenters. The lowest BCUT2D eigenvalue weighted by Gasteiger charge is -2.00. The van der Waals surface area contributed by atoms with E-state index in [1.54, 1.807) is 6.07 Å². The van der Waals surface area contributed by atoms with Crippen LogP contribution < -0.4 is 10.6 Å². The van der Waals surface area contributed by atoms with Crippen molar-refractivity contribution in [1.29, 1.82) is 0 Å². The second-order valence-corrected chi connectivity index (χ2v) is 3.93. The minimum absolute atomic E-state index is 0.0640. The molecule has 0 atom stereocenters. The Hall–Kier alpha value is -2.71. The quantitative estimate of drug-likeness (QED) is 0.712. The van der Waals surface area contributed by atoms with E-state index < -0.39 is 0 Å². The smallest absolute Gasteiger partial charge is 0.249 e. The highest BCUT2D eigenvalue weighted by atomic mass is 16.2. The molecule has 0 radical (unpaired) electrons. The van der Waals surface area contributed by atoms with Gasteiger partial charge in [0.25, 0.3) is 0 Å². The lowest BCUT2D eigenvalue weighted by Crippen LogP contribution is -2.20. The van der Waals surface area contributed by atoms with Gasteiger partial charge in [-0.3, -0.25) is 14.7 Å². The lowest BCUT2D eigenvalue weighted by molar-refractivity contribution is -0.117. The predicted octanol–water partition coefficient (Wildman–Crippen LogP) is -0.0933. The number of carbonyl (C=O) groups excluding carboxylic acids is 2. The largest absolute Gasteiger partial charge is 0.308 e. The maximum Gasteiger partial charge on any atom is 0.249 e. The summed E-state index contributed by atoms with van der Waals surface area (Å²) in [6.45, 7) is 3.13. The van der Waals surface area contributed by atoms with Gasteiger partial charge >= 0.3 is 0 Å². The van der Waals surface area contributed by atoms with Gasteiger partial charge in [-0.2, -0.15) is 15.0 Å². The summed E-state index contributed by atoms with van der Waals surface area (Å²) in [5.74, 6) is 0.188. The van der Waals surface area contributed by atoms with Gasteiger partial charge in [-0.25, -0.2) is 0 Å². The van der Waals surface area contributed by atoms with Crippen molar-refractivity contribution in [1.82, 2.24) is 25.2 Å². The van der Waals surface area contributed by atoms with Gasteiger partial charge in [0.05, 0.1) is 6.20 Å². The van der Waals surface area contributed by atoms with E-state index in [4.69, 9.17) is 0 Å². The molecule has 9 heteroatoms. The monoisotopic (exact) mass is 263 g/mol. The second kappa shape index (κ2) is 5.29. The summed E-state index contributed by atoms with van der Waals surface area (Å²) in [7, 11) is 0. The Labute approximate surface area is 108 Å². The first-order valence-corrected chi connectivity index (χ1v) is 5.52. The summed E-state index contributed by atoms with van der Waals surface area (Å²) in [4.78, 5) is 23.7. The molecule has 2 heterocycles. The molecule has 100 valence electrons. The van der Waals surface area contributed by atoms with Crippen LogP contribution in [-0.2, 0) is 16.1 Å². The molecule has 2 amide bonds. The number of amides is 2. The highest BCUT2D eigenvalue weighted by molar-refractivity contribution is 5.89. The van der Waals surface area contributed by atoms with Crippen LogP contribution in [0.3, 0.4) is 0 Å². The van der Waals surface area contributed by atoms with E-state index in [0.717, 1.165) is 5.69 Å². The van der Waals surface area contributed by atoms with Crippen LogP contribution >= 0.6 is 0 Å². The standard InChI is InChI=1S/C10H13N7O2/c1-6-3-8(15-14-6)13-10(19)5-17-11-4-9(16-17)12-7(2)18/h3-4H,5H2,1-2H3,(H,12,16,18)(H2,13,14,15,19). The number of nitrogens with one attached hydrogen (secondary N) is 3. The van der Waals surface area contributed by atoms with Gasteiger partial charge in [0.1, 0.15) is 6.54 Å². The van der Waals surface area contributed by atoms with E-state index in [1.807, 2.05) is 6.92 Å². The fourth-order valence-corrected chi connectivity index (χ4v) is 1.40. The van der Waals surface area contributed by atoms with Crippen LogP contribution in [-0.4, -0.2) is 37.0 Å². The number of aryl methyl sites for hydroxylation is 1. The van der Waals surface area contributed by atoms with Gasteiger partial charge < -0.3 is 10.6 Å². The summed E-state index contributed by atoms with van der Waals surface area (Å²) in [6, 6.07) is 1.71. The van der Waals surface area contributed by atoms with Crippen LogP contribution in [0.1, 0.15) is 12.6 Å². The zero-order valence-corrected chi connectivity index (χ0v) is 10.5. The molecule has 0 bridgehead atoms. The van der Waals surface area contributed by atoms with E-state index in [9.17, 15) is 9.59 Å². The Bertz CT molecular complexity index is 601. The Morgan fingerprint density at radius 2 is 2.16 bits per heavy atom. The molecule has 0 aliphatic heterocycles. The number of carbonyl (C=O) groups is 2. The predicted molar refractivity (Wildman–Crippen MR) is 66.3 cm³/mol. The minimum atomic E-state index is -0.309. The third kappa shape index (κ3) is 3.63. The first-order chi connectivity index (χ1) is 9.02. The van der Waals surface area contributed by atoms with Crippen molar-refractivity contribution in [2.24, 2.45) is 0 Å². The van der Waals surface area contributed by atoms with Crippen molar-refractivity contribution in [3.8, 4) is 0 Å². The van der Waals surface area contributed by atoms with Gasteiger partial charge in [-0.15, -0.1) is 5.10 Å². The van der Waals surface area contributed by atoms with E-state index >= 15 is 0 Å². The molecule has 3 N–H and O–H groups in total. The molecule has 2 aromatic heterocycles. The van der Waals surface area contributed by atoms with E-state index in [-0.39, 0.29) is 18.4 Å². The Balaban J connectivity index is 1.91. The minimum Gasteiger partial charge on any atom is -0.308 e. The van der Waals surface area contributed by atoms with Gasteiger partial charge in [0, 0.05) is 18.7 Å². The summed E-state index contributed by atoms with van der Waals surface area (Å²) < 4.78 is 0. The average Bonchev–Trinajstić information content (AvgIpc) is 2.88. The van der Waals surface area contributed by atoms with Crippen molar-refractivity contribution in [3.05, 3.63) is 18.0 Å². The number of aromatic nitrogens is 5. The molecule has 2 rings (SSSR count). The molecule has 0 saturated carbocycles. The molecule has 19 heavy (non-hydrogen) atoms. The summed E-state index contributed by atoms with van der Waals surface area (Å²) >= 11 is 0. The van der Waals surface area contributed by atoms with Gasteiger partial charge in [0.2, 0.25) is 11.8 Å². The number of H-pyrrole nitrogens is 1. The zero-order valence-electron chi connectivity index (χ0n) is 10.5. The normalized spacial score (nSPS) is 10.2. The SMILES string of the molecule is CC(=O)Nc1cnn(CC(=O)Nc2cc(C)[nH]n2)n1.